The number of hydrogen-bond acceptors (Lipinski definition) is 12. The normalized spacial score (nSPS) is 13.5. The van der Waals surface area contributed by atoms with Crippen molar-refractivity contribution in [1.29, 1.82) is 0 Å². The zero-order chi connectivity index (χ0) is 44.9. The van der Waals surface area contributed by atoms with Gasteiger partial charge in [0.05, 0.1) is 42.3 Å². The van der Waals surface area contributed by atoms with Gasteiger partial charge in [0.2, 0.25) is 23.7 Å². The van der Waals surface area contributed by atoms with Crippen molar-refractivity contribution in [2.75, 3.05) is 50.1 Å². The minimum Gasteiger partial charge on any atom is -0.491 e. The van der Waals surface area contributed by atoms with Crippen LogP contribution in [0.4, 0.5) is 11.9 Å². The van der Waals surface area contributed by atoms with E-state index in [1.54, 1.807) is 25.8 Å². The first-order chi connectivity index (χ1) is 30.2. The lowest BCUT2D eigenvalue weighted by Gasteiger charge is -2.26. The van der Waals surface area contributed by atoms with Gasteiger partial charge in [-0.05, 0) is 65.7 Å². The fraction of sp³-hybridized carbons (Fsp3) is 0.419. The topological polar surface area (TPSA) is 250 Å². The first-order valence-electron chi connectivity index (χ1n) is 21.1. The lowest BCUT2D eigenvalue weighted by molar-refractivity contribution is 0.0358. The number of allylic oxidation sites excluding steroid dienone is 2. The monoisotopic (exact) mass is 862 g/mol. The van der Waals surface area contributed by atoms with Crippen LogP contribution in [0.2, 0.25) is 0 Å². The van der Waals surface area contributed by atoms with Crippen LogP contribution in [-0.4, -0.2) is 111 Å². The van der Waals surface area contributed by atoms with Crippen LogP contribution in [0.1, 0.15) is 106 Å². The van der Waals surface area contributed by atoms with Gasteiger partial charge in [-0.1, -0.05) is 19.1 Å². The summed E-state index contributed by atoms with van der Waals surface area (Å²) in [6.45, 7) is 16.2. The molecule has 0 unspecified atom stereocenters. The average molecular weight is 863 g/mol. The summed E-state index contributed by atoms with van der Waals surface area (Å²) in [6.07, 6.45) is 10.1. The molecule has 0 radical (unpaired) electrons. The zero-order valence-corrected chi connectivity index (χ0v) is 36.4. The Morgan fingerprint density at radius 2 is 1.41 bits per heavy atom. The van der Waals surface area contributed by atoms with Gasteiger partial charge < -0.3 is 34.6 Å². The smallest absolute Gasteiger partial charge is 0.293 e. The average Bonchev–Trinajstić information content (AvgIpc) is 4.04. The van der Waals surface area contributed by atoms with E-state index in [1.165, 1.54) is 12.3 Å². The molecular formula is C43H54N14O6. The summed E-state index contributed by atoms with van der Waals surface area (Å²) in [6, 6.07) is 4.61. The molecule has 0 spiro atoms. The molecule has 1 aliphatic rings. The minimum absolute atomic E-state index is 0.0292. The molecule has 1 saturated heterocycles. The Kier molecular flexibility index (Phi) is 13.3. The number of amides is 4. The van der Waals surface area contributed by atoms with Crippen LogP contribution in [0.3, 0.4) is 0 Å². The third-order valence-corrected chi connectivity index (χ3v) is 10.7. The summed E-state index contributed by atoms with van der Waals surface area (Å²) < 4.78 is 18.9. The number of carbonyl (C=O) groups is 4. The van der Waals surface area contributed by atoms with E-state index >= 15 is 0 Å². The summed E-state index contributed by atoms with van der Waals surface area (Å²) in [5.74, 6) is -1.10. The Hall–Kier alpha value is -6.93. The maximum absolute atomic E-state index is 13.9. The van der Waals surface area contributed by atoms with Crippen LogP contribution in [-0.2, 0) is 24.2 Å². The molecule has 6 heterocycles. The second kappa shape index (κ2) is 19.0. The number of nitrogens with one attached hydrogen (secondary N) is 2. The van der Waals surface area contributed by atoms with E-state index in [0.29, 0.717) is 66.3 Å². The second-order valence-electron chi connectivity index (χ2n) is 15.9. The quantitative estimate of drug-likeness (QED) is 0.0699. The number of imidazole rings is 4. The van der Waals surface area contributed by atoms with Crippen molar-refractivity contribution < 1.29 is 28.7 Å². The highest BCUT2D eigenvalue weighted by molar-refractivity contribution is 6.04. The van der Waals surface area contributed by atoms with E-state index in [1.807, 2.05) is 70.7 Å². The molecule has 1 aromatic carbocycles. The van der Waals surface area contributed by atoms with Gasteiger partial charge in [0.1, 0.15) is 16.8 Å². The highest BCUT2D eigenvalue weighted by atomic mass is 16.5. The molecule has 20 heteroatoms. The fourth-order valence-electron chi connectivity index (χ4n) is 7.39. The van der Waals surface area contributed by atoms with Gasteiger partial charge in [-0.3, -0.25) is 39.3 Å². The summed E-state index contributed by atoms with van der Waals surface area (Å²) in [5.41, 5.74) is 14.8. The number of hydrogen-bond donors (Lipinski definition) is 4. The number of anilines is 2. The lowest BCUT2D eigenvalue weighted by atomic mass is 10.1. The summed E-state index contributed by atoms with van der Waals surface area (Å²) in [5, 5.41) is 5.86. The molecule has 63 heavy (non-hydrogen) atoms. The molecule has 0 aliphatic carbocycles. The molecule has 1 aliphatic heterocycles. The van der Waals surface area contributed by atoms with E-state index in [2.05, 4.69) is 35.5 Å². The van der Waals surface area contributed by atoms with Gasteiger partial charge in [-0.2, -0.15) is 0 Å². The highest BCUT2D eigenvalue weighted by Gasteiger charge is 2.24. The Bertz CT molecular complexity index is 2700. The Labute approximate surface area is 363 Å². The third kappa shape index (κ3) is 9.76. The van der Waals surface area contributed by atoms with Gasteiger partial charge in [0, 0.05) is 69.0 Å². The molecule has 4 amide bonds. The van der Waals surface area contributed by atoms with Crippen molar-refractivity contribution in [3.8, 4) is 5.75 Å². The number of pyridine rings is 1. The number of rotatable bonds is 18. The first kappa shape index (κ1) is 44.1. The predicted octanol–water partition coefficient (Wildman–Crippen LogP) is 4.27. The van der Waals surface area contributed by atoms with Crippen LogP contribution >= 0.6 is 0 Å². The summed E-state index contributed by atoms with van der Waals surface area (Å²) in [7, 11) is 0. The summed E-state index contributed by atoms with van der Waals surface area (Å²) in [4.78, 5) is 77.6. The molecule has 1 fully saturated rings. The number of nitrogens with zero attached hydrogens (tertiary/aromatic N) is 10. The van der Waals surface area contributed by atoms with Crippen molar-refractivity contribution in [3.63, 3.8) is 0 Å². The molecule has 7 rings (SSSR count). The zero-order valence-electron chi connectivity index (χ0n) is 36.4. The largest absolute Gasteiger partial charge is 0.491 e. The number of aryl methyl sites for hydroxylation is 2. The molecule has 6 N–H and O–H groups in total. The molecule has 0 bridgehead atoms. The number of primary amides is 2. The van der Waals surface area contributed by atoms with E-state index in [9.17, 15) is 19.2 Å². The summed E-state index contributed by atoms with van der Waals surface area (Å²) >= 11 is 0. The molecule has 5 aromatic heterocycles. The lowest BCUT2D eigenvalue weighted by Crippen LogP contribution is -2.37. The van der Waals surface area contributed by atoms with E-state index in [-0.39, 0.29) is 59.8 Å². The van der Waals surface area contributed by atoms with Crippen LogP contribution in [0.5, 0.6) is 5.75 Å². The number of ether oxygens (including phenoxy) is 2. The van der Waals surface area contributed by atoms with E-state index in [4.69, 9.17) is 25.9 Å². The Morgan fingerprint density at radius 1 is 0.810 bits per heavy atom. The van der Waals surface area contributed by atoms with E-state index in [0.717, 1.165) is 25.3 Å². The number of nitrogens with two attached hydrogens (primary N) is 2. The van der Waals surface area contributed by atoms with Gasteiger partial charge in [-0.25, -0.2) is 24.9 Å². The van der Waals surface area contributed by atoms with Crippen LogP contribution in [0, 0.1) is 6.92 Å². The molecule has 0 saturated carbocycles. The minimum atomic E-state index is -0.669. The number of morpholine rings is 1. The number of carbonyl (C=O) groups excluding carboxylic acids is 4. The van der Waals surface area contributed by atoms with Crippen LogP contribution in [0.25, 0.3) is 22.2 Å². The van der Waals surface area contributed by atoms with Crippen LogP contribution < -0.4 is 26.8 Å². The Balaban J connectivity index is 1.23. The maximum Gasteiger partial charge on any atom is 0.293 e. The van der Waals surface area contributed by atoms with Crippen molar-refractivity contribution in [2.24, 2.45) is 11.5 Å². The Morgan fingerprint density at radius 3 is 2.06 bits per heavy atom. The maximum atomic E-state index is 13.9. The van der Waals surface area contributed by atoms with Gasteiger partial charge >= 0.3 is 0 Å². The van der Waals surface area contributed by atoms with Crippen molar-refractivity contribution in [2.45, 2.75) is 79.6 Å². The molecule has 0 atom stereocenters. The highest BCUT2D eigenvalue weighted by Crippen LogP contribution is 2.32. The SMILES string of the molecule is CCc1cn(C(C)C)c(C(=O)Nc2nc3cc(C(N)=O)cnc3n2C/C=C/Cn2c(NC(=O)c3nc(C)cn3C(C)C)nc3cc(C(N)=O)cc(OCCCN4CCOCC4)c32)n1. The number of aromatic nitrogens is 9. The second-order valence-corrected chi connectivity index (χ2v) is 15.9. The van der Waals surface area contributed by atoms with Crippen molar-refractivity contribution in [3.05, 3.63) is 83.1 Å². The van der Waals surface area contributed by atoms with Crippen molar-refractivity contribution >= 4 is 57.7 Å². The standard InChI is InChI=1S/C43H54N14O6/c1-7-30-24-57(26(4)5)39(48-30)41(61)52-43-50-32-20-29(36(45)59)22-46-37(32)55(43)13-9-8-12-54-34-31(49-42(54)51-40(60)38-47-27(6)23-56(38)25(2)3)19-28(35(44)58)21-33(34)63-16-10-11-53-14-17-62-18-15-53/h8-9,19-26H,7,10-18H2,1-6H3,(H2,44,58)(H2,45,59)(H,49,51,60)(H,50,52,61)/b9-8+. The van der Waals surface area contributed by atoms with Crippen LogP contribution in [0.15, 0.2) is 48.9 Å². The van der Waals surface area contributed by atoms with Gasteiger partial charge in [0.25, 0.3) is 11.8 Å². The molecule has 6 aromatic rings. The predicted molar refractivity (Wildman–Crippen MR) is 236 cm³/mol. The third-order valence-electron chi connectivity index (χ3n) is 10.7. The molecular weight excluding hydrogens is 809 g/mol. The molecule has 20 nitrogen and oxygen atoms in total. The number of benzene rings is 1. The van der Waals surface area contributed by atoms with Crippen molar-refractivity contribution in [1.82, 2.24) is 48.1 Å². The number of fused-ring (bicyclic) bond motifs is 2. The van der Waals surface area contributed by atoms with E-state index < -0.39 is 23.6 Å². The fourth-order valence-corrected chi connectivity index (χ4v) is 7.39. The first-order valence-corrected chi connectivity index (χ1v) is 21.1. The van der Waals surface area contributed by atoms with Gasteiger partial charge in [-0.15, -0.1) is 0 Å². The molecule has 332 valence electrons. The van der Waals surface area contributed by atoms with Gasteiger partial charge in [0.15, 0.2) is 17.3 Å².